The Bertz CT molecular complexity index is 383. The van der Waals surface area contributed by atoms with Crippen molar-refractivity contribution in [2.24, 2.45) is 0 Å². The van der Waals surface area contributed by atoms with Crippen molar-refractivity contribution in [3.05, 3.63) is 23.4 Å². The average molecular weight is 233 g/mol. The van der Waals surface area contributed by atoms with Crippen LogP contribution in [-0.2, 0) is 6.54 Å². The third-order valence-electron chi connectivity index (χ3n) is 3.31. The van der Waals surface area contributed by atoms with Gasteiger partial charge in [0.2, 0.25) is 0 Å². The number of hydrogen-bond donors (Lipinski definition) is 1. The molecule has 94 valence electrons. The first-order valence-electron chi connectivity index (χ1n) is 6.50. The molecule has 0 saturated heterocycles. The highest BCUT2D eigenvalue weighted by Gasteiger charge is 2.20. The molecule has 2 rings (SSSR count). The minimum atomic E-state index is 0.480. The van der Waals surface area contributed by atoms with Crippen LogP contribution in [-0.4, -0.2) is 24.1 Å². The molecule has 1 aromatic rings. The van der Waals surface area contributed by atoms with Gasteiger partial charge in [-0.1, -0.05) is 0 Å². The summed E-state index contributed by atoms with van der Waals surface area (Å²) < 4.78 is 0. The predicted octanol–water partition coefficient (Wildman–Crippen LogP) is 2.49. The molecule has 3 heteroatoms. The molecule has 1 aromatic heterocycles. The van der Waals surface area contributed by atoms with E-state index in [0.717, 1.165) is 24.1 Å². The van der Waals surface area contributed by atoms with E-state index in [9.17, 15) is 0 Å². The number of aromatic nitrogens is 1. The minimum Gasteiger partial charge on any atom is -0.357 e. The van der Waals surface area contributed by atoms with Gasteiger partial charge in [0.1, 0.15) is 5.82 Å². The van der Waals surface area contributed by atoms with Gasteiger partial charge in [-0.05, 0) is 51.3 Å². The molecule has 0 unspecified atom stereocenters. The van der Waals surface area contributed by atoms with E-state index in [4.69, 9.17) is 0 Å². The SMILES string of the molecule is Cc1cc(CNC2CC2)cc(N(C)C(C)C)n1. The third kappa shape index (κ3) is 3.43. The summed E-state index contributed by atoms with van der Waals surface area (Å²) in [6, 6.07) is 5.61. The molecule has 0 aromatic carbocycles. The molecule has 1 aliphatic carbocycles. The van der Waals surface area contributed by atoms with Crippen molar-refractivity contribution in [2.75, 3.05) is 11.9 Å². The topological polar surface area (TPSA) is 28.2 Å². The fourth-order valence-corrected chi connectivity index (χ4v) is 1.82. The van der Waals surface area contributed by atoms with Crippen molar-refractivity contribution in [1.82, 2.24) is 10.3 Å². The Morgan fingerprint density at radius 1 is 1.41 bits per heavy atom. The first-order valence-corrected chi connectivity index (χ1v) is 6.50. The molecule has 0 radical (unpaired) electrons. The van der Waals surface area contributed by atoms with Gasteiger partial charge in [-0.2, -0.15) is 0 Å². The van der Waals surface area contributed by atoms with Crippen LogP contribution in [0.1, 0.15) is 37.9 Å². The summed E-state index contributed by atoms with van der Waals surface area (Å²) in [4.78, 5) is 6.81. The Kier molecular flexibility index (Phi) is 3.67. The molecule has 0 spiro atoms. The molecule has 0 atom stereocenters. The van der Waals surface area contributed by atoms with Gasteiger partial charge in [0.25, 0.3) is 0 Å². The van der Waals surface area contributed by atoms with Gasteiger partial charge in [0.05, 0.1) is 0 Å². The average Bonchev–Trinajstić information content (AvgIpc) is 3.08. The van der Waals surface area contributed by atoms with Gasteiger partial charge >= 0.3 is 0 Å². The monoisotopic (exact) mass is 233 g/mol. The largest absolute Gasteiger partial charge is 0.357 e. The molecule has 1 aliphatic rings. The lowest BCUT2D eigenvalue weighted by molar-refractivity contribution is 0.684. The maximum Gasteiger partial charge on any atom is 0.129 e. The van der Waals surface area contributed by atoms with Crippen LogP contribution in [0.3, 0.4) is 0 Å². The van der Waals surface area contributed by atoms with Crippen molar-refractivity contribution in [3.8, 4) is 0 Å². The number of pyridine rings is 1. The Morgan fingerprint density at radius 2 is 2.12 bits per heavy atom. The quantitative estimate of drug-likeness (QED) is 0.847. The van der Waals surface area contributed by atoms with Crippen LogP contribution in [0.25, 0.3) is 0 Å². The summed E-state index contributed by atoms with van der Waals surface area (Å²) >= 11 is 0. The van der Waals surface area contributed by atoms with Crippen molar-refractivity contribution >= 4 is 5.82 Å². The zero-order valence-electron chi connectivity index (χ0n) is 11.3. The number of nitrogens with one attached hydrogen (secondary N) is 1. The highest BCUT2D eigenvalue weighted by Crippen LogP contribution is 2.20. The highest BCUT2D eigenvalue weighted by atomic mass is 15.2. The van der Waals surface area contributed by atoms with Crippen LogP contribution in [0.2, 0.25) is 0 Å². The van der Waals surface area contributed by atoms with Gasteiger partial charge in [-0.25, -0.2) is 4.98 Å². The molecule has 0 bridgehead atoms. The van der Waals surface area contributed by atoms with E-state index in [2.05, 4.69) is 55.2 Å². The van der Waals surface area contributed by atoms with Crippen molar-refractivity contribution in [2.45, 2.75) is 52.2 Å². The van der Waals surface area contributed by atoms with Crippen LogP contribution < -0.4 is 10.2 Å². The van der Waals surface area contributed by atoms with Crippen LogP contribution in [0, 0.1) is 6.92 Å². The van der Waals surface area contributed by atoms with Crippen molar-refractivity contribution < 1.29 is 0 Å². The Morgan fingerprint density at radius 3 is 2.71 bits per heavy atom. The van der Waals surface area contributed by atoms with E-state index in [-0.39, 0.29) is 0 Å². The second-order valence-corrected chi connectivity index (χ2v) is 5.33. The molecule has 1 saturated carbocycles. The van der Waals surface area contributed by atoms with E-state index in [1.165, 1.54) is 18.4 Å². The summed E-state index contributed by atoms with van der Waals surface area (Å²) in [5.74, 6) is 1.08. The number of rotatable bonds is 5. The lowest BCUT2D eigenvalue weighted by Crippen LogP contribution is -2.27. The number of anilines is 1. The second-order valence-electron chi connectivity index (χ2n) is 5.33. The number of aryl methyl sites for hydroxylation is 1. The lowest BCUT2D eigenvalue weighted by Gasteiger charge is -2.23. The summed E-state index contributed by atoms with van der Waals surface area (Å²) in [6.45, 7) is 7.41. The summed E-state index contributed by atoms with van der Waals surface area (Å²) in [6.07, 6.45) is 2.67. The van der Waals surface area contributed by atoms with E-state index in [1.807, 2.05) is 0 Å². The number of hydrogen-bond acceptors (Lipinski definition) is 3. The normalized spacial score (nSPS) is 15.4. The molecule has 17 heavy (non-hydrogen) atoms. The zero-order valence-corrected chi connectivity index (χ0v) is 11.3. The summed E-state index contributed by atoms with van der Waals surface area (Å²) in [7, 11) is 2.10. The first-order chi connectivity index (χ1) is 8.06. The maximum atomic E-state index is 4.60. The van der Waals surface area contributed by atoms with E-state index < -0.39 is 0 Å². The van der Waals surface area contributed by atoms with Gasteiger partial charge in [0.15, 0.2) is 0 Å². The minimum absolute atomic E-state index is 0.480. The standard InChI is InChI=1S/C14H23N3/c1-10(2)17(4)14-8-12(7-11(3)16-14)9-15-13-5-6-13/h7-8,10,13,15H,5-6,9H2,1-4H3. The third-order valence-corrected chi connectivity index (χ3v) is 3.31. The van der Waals surface area contributed by atoms with Gasteiger partial charge in [-0.15, -0.1) is 0 Å². The molecule has 0 amide bonds. The fourth-order valence-electron chi connectivity index (χ4n) is 1.82. The molecule has 0 aliphatic heterocycles. The predicted molar refractivity (Wildman–Crippen MR) is 72.4 cm³/mol. The molecule has 1 fully saturated rings. The zero-order chi connectivity index (χ0) is 12.4. The van der Waals surface area contributed by atoms with Gasteiger partial charge < -0.3 is 10.2 Å². The first kappa shape index (κ1) is 12.4. The molecular formula is C14H23N3. The maximum absolute atomic E-state index is 4.60. The molecule has 3 nitrogen and oxygen atoms in total. The smallest absolute Gasteiger partial charge is 0.129 e. The second kappa shape index (κ2) is 5.05. The summed E-state index contributed by atoms with van der Waals surface area (Å²) in [5, 5.41) is 3.55. The van der Waals surface area contributed by atoms with Crippen LogP contribution >= 0.6 is 0 Å². The van der Waals surface area contributed by atoms with Crippen LogP contribution in [0.5, 0.6) is 0 Å². The number of nitrogens with zero attached hydrogens (tertiary/aromatic N) is 2. The molecular weight excluding hydrogens is 210 g/mol. The van der Waals surface area contributed by atoms with Gasteiger partial charge in [-0.3, -0.25) is 0 Å². The van der Waals surface area contributed by atoms with Crippen LogP contribution in [0.15, 0.2) is 12.1 Å². The Balaban J connectivity index is 2.09. The van der Waals surface area contributed by atoms with E-state index in [1.54, 1.807) is 0 Å². The fraction of sp³-hybridized carbons (Fsp3) is 0.643. The molecule has 1 N–H and O–H groups in total. The van der Waals surface area contributed by atoms with E-state index >= 15 is 0 Å². The Labute approximate surface area is 104 Å². The van der Waals surface area contributed by atoms with Gasteiger partial charge in [0, 0.05) is 31.4 Å². The summed E-state index contributed by atoms with van der Waals surface area (Å²) in [5.41, 5.74) is 2.44. The van der Waals surface area contributed by atoms with Crippen molar-refractivity contribution in [1.29, 1.82) is 0 Å². The highest BCUT2D eigenvalue weighted by molar-refractivity contribution is 5.42. The lowest BCUT2D eigenvalue weighted by atomic mass is 10.2. The van der Waals surface area contributed by atoms with Crippen molar-refractivity contribution in [3.63, 3.8) is 0 Å². The molecule has 1 heterocycles. The Hall–Kier alpha value is -1.09. The van der Waals surface area contributed by atoms with Crippen LogP contribution in [0.4, 0.5) is 5.82 Å². The van der Waals surface area contributed by atoms with E-state index in [0.29, 0.717) is 6.04 Å².